The number of fused-ring (bicyclic) bond motifs is 1. The number of hydrogen-bond acceptors (Lipinski definition) is 3. The van der Waals surface area contributed by atoms with Crippen molar-refractivity contribution in [3.05, 3.63) is 23.9 Å². The second-order valence-electron chi connectivity index (χ2n) is 5.74. The number of aromatic nitrogens is 1. The van der Waals surface area contributed by atoms with E-state index >= 15 is 0 Å². The van der Waals surface area contributed by atoms with E-state index in [4.69, 9.17) is 4.74 Å². The fourth-order valence-electron chi connectivity index (χ4n) is 2.94. The van der Waals surface area contributed by atoms with E-state index in [-0.39, 0.29) is 6.03 Å². The summed E-state index contributed by atoms with van der Waals surface area (Å²) in [7, 11) is 0. The van der Waals surface area contributed by atoms with Gasteiger partial charge in [-0.15, -0.1) is 0 Å². The summed E-state index contributed by atoms with van der Waals surface area (Å²) in [6, 6.07) is 4.15. The highest BCUT2D eigenvalue weighted by Gasteiger charge is 2.54. The molecule has 3 atom stereocenters. The maximum Gasteiger partial charge on any atom is 0.320 e. The van der Waals surface area contributed by atoms with Crippen molar-refractivity contribution in [2.45, 2.75) is 24.8 Å². The summed E-state index contributed by atoms with van der Waals surface area (Å²) in [6.07, 6.45) is 4.27. The maximum atomic E-state index is 11.9. The zero-order valence-electron chi connectivity index (χ0n) is 10.6. The molecule has 1 aromatic rings. The molecule has 5 heteroatoms. The van der Waals surface area contributed by atoms with Gasteiger partial charge < -0.3 is 10.1 Å². The zero-order chi connectivity index (χ0) is 12.8. The van der Waals surface area contributed by atoms with Gasteiger partial charge in [0, 0.05) is 24.1 Å². The zero-order valence-corrected chi connectivity index (χ0v) is 10.6. The lowest BCUT2D eigenvalue weighted by Crippen LogP contribution is -2.34. The molecule has 0 bridgehead atoms. The molecule has 0 spiro atoms. The number of carbonyl (C=O) groups excluding carboxylic acids is 1. The largest absolute Gasteiger partial charge is 0.381 e. The van der Waals surface area contributed by atoms with Crippen LogP contribution in [0.15, 0.2) is 18.3 Å². The van der Waals surface area contributed by atoms with E-state index in [0.717, 1.165) is 13.2 Å². The third-order valence-electron chi connectivity index (χ3n) is 4.32. The van der Waals surface area contributed by atoms with Crippen LogP contribution >= 0.6 is 0 Å². The highest BCUT2D eigenvalue weighted by atomic mass is 16.5. The topological polar surface area (TPSA) is 63.2 Å². The van der Waals surface area contributed by atoms with E-state index in [0.29, 0.717) is 29.6 Å². The van der Waals surface area contributed by atoms with Crippen LogP contribution in [0.4, 0.5) is 10.6 Å². The Bertz CT molecular complexity index is 505. The normalized spacial score (nSPS) is 31.7. The second kappa shape index (κ2) is 4.20. The fraction of sp³-hybridized carbons (Fsp3) is 0.571. The van der Waals surface area contributed by atoms with Crippen LogP contribution in [-0.4, -0.2) is 30.3 Å². The van der Waals surface area contributed by atoms with Crippen LogP contribution < -0.4 is 10.6 Å². The molecule has 3 fully saturated rings. The number of nitrogens with one attached hydrogen (secondary N) is 2. The van der Waals surface area contributed by atoms with Gasteiger partial charge in [-0.1, -0.05) is 0 Å². The van der Waals surface area contributed by atoms with E-state index in [1.807, 2.05) is 12.1 Å². The van der Waals surface area contributed by atoms with Crippen LogP contribution in [-0.2, 0) is 4.74 Å². The first-order chi connectivity index (χ1) is 9.31. The number of carbonyl (C=O) groups is 1. The molecule has 19 heavy (non-hydrogen) atoms. The molecule has 0 radical (unpaired) electrons. The van der Waals surface area contributed by atoms with Crippen molar-refractivity contribution in [2.75, 3.05) is 18.5 Å². The summed E-state index contributed by atoms with van der Waals surface area (Å²) in [6.45, 7) is 1.57. The highest BCUT2D eigenvalue weighted by Crippen LogP contribution is 2.44. The lowest BCUT2D eigenvalue weighted by Gasteiger charge is -2.09. The van der Waals surface area contributed by atoms with Gasteiger partial charge in [0.2, 0.25) is 0 Å². The molecule has 1 aromatic heterocycles. The standard InChI is InChI=1S/C14H17N3O2/c18-14(17-13-10-6-19-7-11(10)13)16-12-5-9(3-4-15-12)8-1-2-8/h3-5,8,10-11,13H,1-2,6-7H2,(H2,15,16,17,18)/t10-,11+,13?. The molecule has 5 nitrogen and oxygen atoms in total. The summed E-state index contributed by atoms with van der Waals surface area (Å²) >= 11 is 0. The molecule has 0 aromatic carbocycles. The van der Waals surface area contributed by atoms with Gasteiger partial charge in [0.15, 0.2) is 0 Å². The molecule has 2 heterocycles. The maximum absolute atomic E-state index is 11.9. The van der Waals surface area contributed by atoms with Crippen molar-refractivity contribution < 1.29 is 9.53 Å². The van der Waals surface area contributed by atoms with Crippen LogP contribution in [0.3, 0.4) is 0 Å². The third kappa shape index (κ3) is 2.18. The molecule has 3 aliphatic rings. The second-order valence-corrected chi connectivity index (χ2v) is 5.74. The van der Waals surface area contributed by atoms with Gasteiger partial charge in [0.1, 0.15) is 5.82 Å². The van der Waals surface area contributed by atoms with Crippen molar-refractivity contribution in [1.29, 1.82) is 0 Å². The van der Waals surface area contributed by atoms with Crippen molar-refractivity contribution in [3.63, 3.8) is 0 Å². The van der Waals surface area contributed by atoms with Crippen molar-refractivity contribution in [1.82, 2.24) is 10.3 Å². The summed E-state index contributed by atoms with van der Waals surface area (Å²) < 4.78 is 5.30. The van der Waals surface area contributed by atoms with E-state index in [1.165, 1.54) is 18.4 Å². The first kappa shape index (κ1) is 11.2. The molecule has 1 aliphatic heterocycles. The van der Waals surface area contributed by atoms with Gasteiger partial charge >= 0.3 is 6.03 Å². The SMILES string of the molecule is O=C(Nc1cc(C2CC2)ccn1)NC1[C@H]2COC[C@@H]12. The average molecular weight is 259 g/mol. The highest BCUT2D eigenvalue weighted by molar-refractivity contribution is 5.88. The molecule has 4 rings (SSSR count). The Morgan fingerprint density at radius 2 is 2.11 bits per heavy atom. The number of amides is 2. The van der Waals surface area contributed by atoms with Crippen molar-refractivity contribution in [3.8, 4) is 0 Å². The Morgan fingerprint density at radius 1 is 1.32 bits per heavy atom. The number of hydrogen-bond donors (Lipinski definition) is 2. The molecule has 2 N–H and O–H groups in total. The predicted molar refractivity (Wildman–Crippen MR) is 70.0 cm³/mol. The minimum absolute atomic E-state index is 0.153. The smallest absolute Gasteiger partial charge is 0.320 e. The molecule has 2 aliphatic carbocycles. The van der Waals surface area contributed by atoms with E-state index < -0.39 is 0 Å². The summed E-state index contributed by atoms with van der Waals surface area (Å²) in [4.78, 5) is 16.1. The van der Waals surface area contributed by atoms with Crippen LogP contribution in [0, 0.1) is 11.8 Å². The van der Waals surface area contributed by atoms with Crippen molar-refractivity contribution >= 4 is 11.8 Å². The van der Waals surface area contributed by atoms with E-state index in [1.54, 1.807) is 6.20 Å². The van der Waals surface area contributed by atoms with Gasteiger partial charge in [0.05, 0.1) is 13.2 Å². The summed E-state index contributed by atoms with van der Waals surface area (Å²) in [5, 5.41) is 5.82. The molecule has 2 amide bonds. The monoisotopic (exact) mass is 259 g/mol. The number of ether oxygens (including phenoxy) is 1. The Kier molecular flexibility index (Phi) is 2.48. The van der Waals surface area contributed by atoms with Crippen LogP contribution in [0.25, 0.3) is 0 Å². The fourth-order valence-corrected chi connectivity index (χ4v) is 2.94. The number of rotatable bonds is 3. The number of nitrogens with zero attached hydrogens (tertiary/aromatic N) is 1. The van der Waals surface area contributed by atoms with Crippen molar-refractivity contribution in [2.24, 2.45) is 11.8 Å². The van der Waals surface area contributed by atoms with Gasteiger partial charge in [0.25, 0.3) is 0 Å². The summed E-state index contributed by atoms with van der Waals surface area (Å²) in [5.41, 5.74) is 1.28. The quantitative estimate of drug-likeness (QED) is 0.869. The minimum Gasteiger partial charge on any atom is -0.381 e. The average Bonchev–Trinajstić information content (AvgIpc) is 3.30. The number of urea groups is 1. The van der Waals surface area contributed by atoms with Gasteiger partial charge in [-0.3, -0.25) is 5.32 Å². The Balaban J connectivity index is 1.35. The first-order valence-electron chi connectivity index (χ1n) is 6.92. The molecular weight excluding hydrogens is 242 g/mol. The molecule has 1 saturated heterocycles. The molecule has 2 saturated carbocycles. The number of anilines is 1. The Labute approximate surface area is 111 Å². The molecular formula is C14H17N3O2. The van der Waals surface area contributed by atoms with E-state index in [9.17, 15) is 4.79 Å². The molecule has 1 unspecified atom stereocenters. The lowest BCUT2D eigenvalue weighted by atomic mass is 10.2. The predicted octanol–water partition coefficient (Wildman–Crippen LogP) is 1.73. The van der Waals surface area contributed by atoms with Gasteiger partial charge in [-0.25, -0.2) is 9.78 Å². The first-order valence-corrected chi connectivity index (χ1v) is 6.92. The van der Waals surface area contributed by atoms with E-state index in [2.05, 4.69) is 15.6 Å². The third-order valence-corrected chi connectivity index (χ3v) is 4.32. The van der Waals surface area contributed by atoms with Gasteiger partial charge in [-0.05, 0) is 36.5 Å². The van der Waals surface area contributed by atoms with Gasteiger partial charge in [-0.2, -0.15) is 0 Å². The molecule has 100 valence electrons. The Hall–Kier alpha value is -1.62. The lowest BCUT2D eigenvalue weighted by molar-refractivity contribution is 0.157. The van der Waals surface area contributed by atoms with Crippen LogP contribution in [0.1, 0.15) is 24.3 Å². The summed E-state index contributed by atoms with van der Waals surface area (Å²) in [5.74, 6) is 2.36. The van der Waals surface area contributed by atoms with Crippen LogP contribution in [0.5, 0.6) is 0 Å². The number of pyridine rings is 1. The Morgan fingerprint density at radius 3 is 2.84 bits per heavy atom. The van der Waals surface area contributed by atoms with Crippen LogP contribution in [0.2, 0.25) is 0 Å². The minimum atomic E-state index is -0.153.